The Morgan fingerprint density at radius 2 is 1.48 bits per heavy atom. The van der Waals surface area contributed by atoms with Gasteiger partial charge in [-0.05, 0) is 69.7 Å². The Hall–Kier alpha value is -1.86. The first-order chi connectivity index (χ1) is 14.7. The Kier molecular flexibility index (Phi) is 7.81. The summed E-state index contributed by atoms with van der Waals surface area (Å²) in [7, 11) is 0. The molecule has 0 radical (unpaired) electrons. The van der Waals surface area contributed by atoms with Gasteiger partial charge in [0.2, 0.25) is 0 Å². The number of halogens is 2. The van der Waals surface area contributed by atoms with Gasteiger partial charge in [-0.2, -0.15) is 0 Å². The van der Waals surface area contributed by atoms with Crippen LogP contribution in [0.15, 0.2) is 57.5 Å². The SMILES string of the molecule is CC(C)(C)OC(=O)N1C(=O)N[C@@H](CCc2ccccc2Br)[C@@H]1CCc1ccccc1Br. The van der Waals surface area contributed by atoms with Gasteiger partial charge in [0.25, 0.3) is 0 Å². The topological polar surface area (TPSA) is 58.6 Å². The molecule has 2 aromatic rings. The second-order valence-electron chi connectivity index (χ2n) is 8.73. The van der Waals surface area contributed by atoms with E-state index >= 15 is 0 Å². The summed E-state index contributed by atoms with van der Waals surface area (Å²) in [5, 5.41) is 3.02. The first kappa shape index (κ1) is 23.8. The van der Waals surface area contributed by atoms with Crippen molar-refractivity contribution in [2.75, 3.05) is 0 Å². The molecule has 1 heterocycles. The number of benzene rings is 2. The standard InChI is InChI=1S/C24H28Br2N2O3/c1-24(2,3)31-23(30)28-21(15-13-17-9-5-7-11-19(17)26)20(27-22(28)29)14-12-16-8-4-6-10-18(16)25/h4-11,20-21H,12-15H2,1-3H3,(H,27,29)/t20-,21-/m0/s1. The zero-order valence-electron chi connectivity index (χ0n) is 18.0. The van der Waals surface area contributed by atoms with Gasteiger partial charge >= 0.3 is 12.1 Å². The summed E-state index contributed by atoms with van der Waals surface area (Å²) in [6.07, 6.45) is 2.33. The molecule has 1 N–H and O–H groups in total. The van der Waals surface area contributed by atoms with Crippen LogP contribution in [0.3, 0.4) is 0 Å². The molecular weight excluding hydrogens is 524 g/mol. The van der Waals surface area contributed by atoms with Crippen molar-refractivity contribution in [2.24, 2.45) is 0 Å². The zero-order valence-corrected chi connectivity index (χ0v) is 21.2. The minimum absolute atomic E-state index is 0.144. The lowest BCUT2D eigenvalue weighted by molar-refractivity contribution is 0.0281. The number of aryl methyl sites for hydroxylation is 2. The average molecular weight is 552 g/mol. The van der Waals surface area contributed by atoms with Gasteiger partial charge in [0.05, 0.1) is 12.1 Å². The average Bonchev–Trinajstić information content (AvgIpc) is 3.00. The van der Waals surface area contributed by atoms with Crippen molar-refractivity contribution < 1.29 is 14.3 Å². The number of urea groups is 1. The van der Waals surface area contributed by atoms with Crippen LogP contribution in [0.2, 0.25) is 0 Å². The van der Waals surface area contributed by atoms with Crippen molar-refractivity contribution in [1.82, 2.24) is 10.2 Å². The quantitative estimate of drug-likeness (QED) is 0.447. The fourth-order valence-corrected chi connectivity index (χ4v) is 4.76. The Morgan fingerprint density at radius 1 is 0.968 bits per heavy atom. The first-order valence-electron chi connectivity index (χ1n) is 10.5. The van der Waals surface area contributed by atoms with Gasteiger partial charge < -0.3 is 10.1 Å². The molecule has 3 amide bonds. The summed E-state index contributed by atoms with van der Waals surface area (Å²) >= 11 is 7.19. The second kappa shape index (κ2) is 10.2. The molecular formula is C24H28Br2N2O3. The van der Waals surface area contributed by atoms with Crippen LogP contribution in [-0.4, -0.2) is 34.7 Å². The molecule has 0 spiro atoms. The summed E-state index contributed by atoms with van der Waals surface area (Å²) in [5.74, 6) is 0. The molecule has 2 atom stereocenters. The van der Waals surface area contributed by atoms with Crippen LogP contribution in [0.1, 0.15) is 44.7 Å². The van der Waals surface area contributed by atoms with Crippen LogP contribution in [0.4, 0.5) is 9.59 Å². The highest BCUT2D eigenvalue weighted by Crippen LogP contribution is 2.28. The number of hydrogen-bond donors (Lipinski definition) is 1. The van der Waals surface area contributed by atoms with Crippen molar-refractivity contribution in [3.05, 3.63) is 68.6 Å². The Bertz CT molecular complexity index is 942. The largest absolute Gasteiger partial charge is 0.443 e. The van der Waals surface area contributed by atoms with E-state index in [4.69, 9.17) is 4.74 Å². The smallest absolute Gasteiger partial charge is 0.418 e. The molecule has 0 aliphatic carbocycles. The lowest BCUT2D eigenvalue weighted by Gasteiger charge is -2.28. The molecule has 0 unspecified atom stereocenters. The summed E-state index contributed by atoms with van der Waals surface area (Å²) in [4.78, 5) is 26.9. The minimum Gasteiger partial charge on any atom is -0.443 e. The van der Waals surface area contributed by atoms with E-state index in [9.17, 15) is 9.59 Å². The first-order valence-corrected chi connectivity index (χ1v) is 12.0. The summed E-state index contributed by atoms with van der Waals surface area (Å²) in [6.45, 7) is 5.41. The normalized spacial score (nSPS) is 18.7. The van der Waals surface area contributed by atoms with E-state index < -0.39 is 11.7 Å². The minimum atomic E-state index is -0.669. The molecule has 7 heteroatoms. The Morgan fingerprint density at radius 3 is 2.00 bits per heavy atom. The van der Waals surface area contributed by atoms with Gasteiger partial charge in [0.15, 0.2) is 0 Å². The third-order valence-corrected chi connectivity index (χ3v) is 6.81. The fraction of sp³-hybridized carbons (Fsp3) is 0.417. The third kappa shape index (κ3) is 6.32. The monoisotopic (exact) mass is 550 g/mol. The molecule has 31 heavy (non-hydrogen) atoms. The second-order valence-corrected chi connectivity index (χ2v) is 10.4. The Labute approximate surface area is 200 Å². The Balaban J connectivity index is 1.78. The maximum absolute atomic E-state index is 12.9. The van der Waals surface area contributed by atoms with Crippen molar-refractivity contribution in [3.63, 3.8) is 0 Å². The van der Waals surface area contributed by atoms with Gasteiger partial charge in [0.1, 0.15) is 5.60 Å². The summed E-state index contributed by atoms with van der Waals surface area (Å²) in [6, 6.07) is 15.3. The number of nitrogens with zero attached hydrogens (tertiary/aromatic N) is 1. The van der Waals surface area contributed by atoms with Crippen molar-refractivity contribution in [2.45, 2.75) is 64.1 Å². The van der Waals surface area contributed by atoms with Crippen LogP contribution < -0.4 is 5.32 Å². The highest BCUT2D eigenvalue weighted by molar-refractivity contribution is 9.10. The lowest BCUT2D eigenvalue weighted by Crippen LogP contribution is -2.44. The highest BCUT2D eigenvalue weighted by atomic mass is 79.9. The highest BCUT2D eigenvalue weighted by Gasteiger charge is 2.44. The van der Waals surface area contributed by atoms with Crippen LogP contribution in [-0.2, 0) is 17.6 Å². The fourth-order valence-electron chi connectivity index (χ4n) is 3.80. The van der Waals surface area contributed by atoms with E-state index in [1.54, 1.807) is 20.8 Å². The number of nitrogens with one attached hydrogen (secondary N) is 1. The molecule has 1 fully saturated rings. The van der Waals surface area contributed by atoms with Gasteiger partial charge in [-0.15, -0.1) is 0 Å². The van der Waals surface area contributed by atoms with Crippen LogP contribution in [0, 0.1) is 0 Å². The van der Waals surface area contributed by atoms with E-state index in [1.807, 2.05) is 36.4 Å². The van der Waals surface area contributed by atoms with Crippen LogP contribution in [0.25, 0.3) is 0 Å². The predicted molar refractivity (Wildman–Crippen MR) is 129 cm³/mol. The van der Waals surface area contributed by atoms with Crippen molar-refractivity contribution >= 4 is 44.0 Å². The number of carbonyl (C=O) groups excluding carboxylic acids is 2. The molecule has 2 aromatic carbocycles. The van der Waals surface area contributed by atoms with Crippen molar-refractivity contribution in [1.29, 1.82) is 0 Å². The van der Waals surface area contributed by atoms with Gasteiger partial charge in [-0.25, -0.2) is 14.5 Å². The van der Waals surface area contributed by atoms with Crippen LogP contribution >= 0.6 is 31.9 Å². The van der Waals surface area contributed by atoms with Gasteiger partial charge in [0, 0.05) is 8.95 Å². The number of hydrogen-bond acceptors (Lipinski definition) is 3. The summed E-state index contributed by atoms with van der Waals surface area (Å²) < 4.78 is 7.62. The van der Waals surface area contributed by atoms with E-state index in [0.717, 1.165) is 33.8 Å². The molecule has 1 saturated heterocycles. The number of rotatable bonds is 6. The molecule has 0 bridgehead atoms. The van der Waals surface area contributed by atoms with Gasteiger partial charge in [-0.1, -0.05) is 68.3 Å². The van der Waals surface area contributed by atoms with Gasteiger partial charge in [-0.3, -0.25) is 0 Å². The number of amides is 3. The number of carbonyl (C=O) groups is 2. The maximum Gasteiger partial charge on any atom is 0.418 e. The summed E-state index contributed by atoms with van der Waals surface area (Å²) in [5.41, 5.74) is 1.66. The van der Waals surface area contributed by atoms with Crippen molar-refractivity contribution in [3.8, 4) is 0 Å². The van der Waals surface area contributed by atoms with E-state index in [2.05, 4.69) is 49.3 Å². The van der Waals surface area contributed by atoms with E-state index in [-0.39, 0.29) is 18.1 Å². The maximum atomic E-state index is 12.9. The number of ether oxygens (including phenoxy) is 1. The van der Waals surface area contributed by atoms with E-state index in [0.29, 0.717) is 6.42 Å². The molecule has 166 valence electrons. The third-order valence-electron chi connectivity index (χ3n) is 5.26. The zero-order chi connectivity index (χ0) is 22.6. The van der Waals surface area contributed by atoms with E-state index in [1.165, 1.54) is 10.5 Å². The molecule has 1 aliphatic rings. The predicted octanol–water partition coefficient (Wildman–Crippen LogP) is 6.47. The number of imide groups is 1. The molecule has 5 nitrogen and oxygen atoms in total. The molecule has 1 aliphatic heterocycles. The molecule has 0 aromatic heterocycles. The van der Waals surface area contributed by atoms with Crippen LogP contribution in [0.5, 0.6) is 0 Å². The molecule has 3 rings (SSSR count). The molecule has 0 saturated carbocycles. The lowest BCUT2D eigenvalue weighted by atomic mass is 9.95.